The third kappa shape index (κ3) is 6.02. The van der Waals surface area contributed by atoms with Gasteiger partial charge in [0.05, 0.1) is 27.0 Å². The van der Waals surface area contributed by atoms with Gasteiger partial charge in [0.2, 0.25) is 0 Å². The van der Waals surface area contributed by atoms with Gasteiger partial charge < -0.3 is 20.6 Å². The lowest BCUT2D eigenvalue weighted by atomic mass is 10.0. The highest BCUT2D eigenvalue weighted by molar-refractivity contribution is 6.39. The molecule has 0 aromatic heterocycles. The molecule has 1 unspecified atom stereocenters. The zero-order valence-corrected chi connectivity index (χ0v) is 21.3. The number of hydrogen-bond acceptors (Lipinski definition) is 3. The summed E-state index contributed by atoms with van der Waals surface area (Å²) in [5.74, 6) is -1.69. The highest BCUT2D eigenvalue weighted by atomic mass is 35.5. The Morgan fingerprint density at radius 3 is 2.05 bits per heavy atom. The first-order chi connectivity index (χ1) is 17.7. The molecule has 7 nitrogen and oxygen atoms in total. The molecule has 4 aromatic carbocycles. The molecule has 0 aliphatic carbocycles. The van der Waals surface area contributed by atoms with Crippen LogP contribution in [-0.2, 0) is 11.3 Å². The molecule has 0 spiro atoms. The first kappa shape index (κ1) is 26.0. The van der Waals surface area contributed by atoms with Crippen molar-refractivity contribution in [3.05, 3.63) is 106 Å². The molecule has 4 aromatic rings. The van der Waals surface area contributed by atoms with Gasteiger partial charge in [-0.05, 0) is 47.5 Å². The molecule has 3 N–H and O–H groups in total. The van der Waals surface area contributed by atoms with Crippen LogP contribution in [0.2, 0.25) is 10.0 Å². The summed E-state index contributed by atoms with van der Waals surface area (Å²) < 4.78 is 0. The van der Waals surface area contributed by atoms with Crippen molar-refractivity contribution in [2.45, 2.75) is 19.5 Å². The monoisotopic (exact) mass is 535 g/mol. The average Bonchev–Trinajstić information content (AvgIpc) is 2.89. The smallest absolute Gasteiger partial charge is 0.326 e. The minimum Gasteiger partial charge on any atom is -0.480 e. The number of carbonyl (C=O) groups excluding carboxylic acids is 2. The summed E-state index contributed by atoms with van der Waals surface area (Å²) in [6, 6.07) is 22.8. The molecule has 0 heterocycles. The van der Waals surface area contributed by atoms with Gasteiger partial charge in [-0.3, -0.25) is 4.79 Å². The van der Waals surface area contributed by atoms with Crippen molar-refractivity contribution in [1.82, 2.24) is 4.90 Å². The summed E-state index contributed by atoms with van der Waals surface area (Å²) in [6.07, 6.45) is 0. The summed E-state index contributed by atoms with van der Waals surface area (Å²) in [5.41, 5.74) is 1.34. The molecular weight excluding hydrogens is 513 g/mol. The van der Waals surface area contributed by atoms with Crippen LogP contribution in [0, 0.1) is 0 Å². The molecule has 1 atom stereocenters. The minimum absolute atomic E-state index is 0.0703. The van der Waals surface area contributed by atoms with Crippen molar-refractivity contribution in [2.75, 3.05) is 10.6 Å². The number of hydrogen-bond donors (Lipinski definition) is 3. The highest BCUT2D eigenvalue weighted by Crippen LogP contribution is 2.31. The van der Waals surface area contributed by atoms with Crippen LogP contribution in [0.3, 0.4) is 0 Å². The fraction of sp³-hybridized carbons (Fsp3) is 0.107. The first-order valence-corrected chi connectivity index (χ1v) is 12.1. The third-order valence-electron chi connectivity index (χ3n) is 5.85. The van der Waals surface area contributed by atoms with Crippen molar-refractivity contribution in [3.8, 4) is 0 Å². The maximum atomic E-state index is 13.9. The highest BCUT2D eigenvalue weighted by Gasteiger charge is 2.29. The van der Waals surface area contributed by atoms with E-state index < -0.39 is 23.9 Å². The van der Waals surface area contributed by atoms with Crippen molar-refractivity contribution in [1.29, 1.82) is 0 Å². The zero-order valence-electron chi connectivity index (χ0n) is 19.7. The van der Waals surface area contributed by atoms with E-state index in [1.54, 1.807) is 30.3 Å². The molecule has 0 saturated heterocycles. The number of carbonyl (C=O) groups is 3. The molecule has 0 bridgehead atoms. The number of carboxylic acid groups (broad SMARTS) is 1. The molecule has 0 aliphatic rings. The van der Waals surface area contributed by atoms with Crippen LogP contribution < -0.4 is 10.6 Å². The number of nitrogens with one attached hydrogen (secondary N) is 2. The number of para-hydroxylation sites is 1. The van der Waals surface area contributed by atoms with Gasteiger partial charge >= 0.3 is 12.0 Å². The number of nitrogens with zero attached hydrogens (tertiary/aromatic N) is 1. The fourth-order valence-electron chi connectivity index (χ4n) is 3.86. The molecule has 0 aliphatic heterocycles. The number of carboxylic acids is 1. The molecule has 0 fully saturated rings. The zero-order chi connectivity index (χ0) is 26.5. The van der Waals surface area contributed by atoms with Crippen LogP contribution in [0.1, 0.15) is 22.8 Å². The molecule has 0 radical (unpaired) electrons. The second-order valence-electron chi connectivity index (χ2n) is 8.35. The lowest BCUT2D eigenvalue weighted by molar-refractivity contribution is -0.141. The van der Waals surface area contributed by atoms with E-state index in [1.807, 2.05) is 54.6 Å². The van der Waals surface area contributed by atoms with Crippen LogP contribution in [0.25, 0.3) is 10.8 Å². The van der Waals surface area contributed by atoms with E-state index in [0.29, 0.717) is 0 Å². The Bertz CT molecular complexity index is 1460. The lowest BCUT2D eigenvalue weighted by Crippen LogP contribution is -2.43. The van der Waals surface area contributed by atoms with E-state index >= 15 is 0 Å². The normalized spacial score (nSPS) is 11.5. The van der Waals surface area contributed by atoms with Crippen LogP contribution in [0.15, 0.2) is 84.9 Å². The van der Waals surface area contributed by atoms with Crippen LogP contribution in [-0.4, -0.2) is 34.0 Å². The van der Waals surface area contributed by atoms with E-state index in [9.17, 15) is 19.5 Å². The van der Waals surface area contributed by atoms with Gasteiger partial charge in [0.25, 0.3) is 5.91 Å². The van der Waals surface area contributed by atoms with Gasteiger partial charge in [-0.15, -0.1) is 0 Å². The number of fused-ring (bicyclic) bond motifs is 1. The van der Waals surface area contributed by atoms with E-state index in [1.165, 1.54) is 11.8 Å². The van der Waals surface area contributed by atoms with E-state index in [4.69, 9.17) is 23.2 Å². The summed E-state index contributed by atoms with van der Waals surface area (Å²) >= 11 is 12.4. The number of anilines is 2. The molecule has 37 heavy (non-hydrogen) atoms. The SMILES string of the molecule is CC(C(=O)O)N(Cc1ccccc1)C(=O)c1cc2ccccc2cc1NC(=O)Nc1c(Cl)cccc1Cl. The Hall–Kier alpha value is -4.07. The summed E-state index contributed by atoms with van der Waals surface area (Å²) in [7, 11) is 0. The van der Waals surface area contributed by atoms with Gasteiger partial charge in [0, 0.05) is 6.54 Å². The fourth-order valence-corrected chi connectivity index (χ4v) is 4.35. The van der Waals surface area contributed by atoms with Gasteiger partial charge in [-0.25, -0.2) is 9.59 Å². The van der Waals surface area contributed by atoms with Gasteiger partial charge in [0.15, 0.2) is 0 Å². The van der Waals surface area contributed by atoms with Gasteiger partial charge in [-0.1, -0.05) is 83.9 Å². The molecular formula is C28H23Cl2N3O4. The van der Waals surface area contributed by atoms with Gasteiger partial charge in [-0.2, -0.15) is 0 Å². The van der Waals surface area contributed by atoms with E-state index in [-0.39, 0.29) is 33.5 Å². The van der Waals surface area contributed by atoms with E-state index in [0.717, 1.165) is 16.3 Å². The molecule has 9 heteroatoms. The summed E-state index contributed by atoms with van der Waals surface area (Å²) in [4.78, 5) is 40.0. The number of aliphatic carboxylic acids is 1. The summed E-state index contributed by atoms with van der Waals surface area (Å²) in [6.45, 7) is 1.52. The van der Waals surface area contributed by atoms with E-state index in [2.05, 4.69) is 10.6 Å². The quantitative estimate of drug-likeness (QED) is 0.239. The largest absolute Gasteiger partial charge is 0.480 e. The van der Waals surface area contributed by atoms with Crippen molar-refractivity contribution < 1.29 is 19.5 Å². The third-order valence-corrected chi connectivity index (χ3v) is 6.48. The Morgan fingerprint density at radius 2 is 1.43 bits per heavy atom. The predicted octanol–water partition coefficient (Wildman–Crippen LogP) is 6.91. The molecule has 3 amide bonds. The minimum atomic E-state index is -1.15. The van der Waals surface area contributed by atoms with Crippen molar-refractivity contribution >= 4 is 63.3 Å². The second kappa shape index (κ2) is 11.3. The predicted molar refractivity (Wildman–Crippen MR) is 146 cm³/mol. The number of urea groups is 1. The Kier molecular flexibility index (Phi) is 7.96. The molecule has 0 saturated carbocycles. The Morgan fingerprint density at radius 1 is 0.838 bits per heavy atom. The number of rotatable bonds is 7. The van der Waals surface area contributed by atoms with Crippen LogP contribution in [0.4, 0.5) is 16.2 Å². The Labute approximate surface area is 223 Å². The van der Waals surface area contributed by atoms with Gasteiger partial charge in [0.1, 0.15) is 6.04 Å². The Balaban J connectivity index is 1.73. The van der Waals surface area contributed by atoms with Crippen molar-refractivity contribution in [2.24, 2.45) is 0 Å². The maximum absolute atomic E-state index is 13.9. The van der Waals surface area contributed by atoms with Crippen LogP contribution >= 0.6 is 23.2 Å². The average molecular weight is 536 g/mol. The second-order valence-corrected chi connectivity index (χ2v) is 9.17. The number of halogens is 2. The van der Waals surface area contributed by atoms with Crippen LogP contribution in [0.5, 0.6) is 0 Å². The first-order valence-electron chi connectivity index (χ1n) is 11.4. The standard InChI is InChI=1S/C28H23Cl2N3O4/c1-17(27(35)36)33(16-18-8-3-2-4-9-18)26(34)21-14-19-10-5-6-11-20(19)15-24(21)31-28(37)32-25-22(29)12-7-13-23(25)30/h2-15,17H,16H2,1H3,(H,35,36)(H2,31,32,37). The number of amides is 3. The van der Waals surface area contributed by atoms with Crippen molar-refractivity contribution in [3.63, 3.8) is 0 Å². The maximum Gasteiger partial charge on any atom is 0.326 e. The molecule has 188 valence electrons. The number of benzene rings is 4. The topological polar surface area (TPSA) is 98.7 Å². The lowest BCUT2D eigenvalue weighted by Gasteiger charge is -2.28. The summed E-state index contributed by atoms with van der Waals surface area (Å²) in [5, 5.41) is 17.1. The molecule has 4 rings (SSSR count).